The van der Waals surface area contributed by atoms with Gasteiger partial charge in [-0.05, 0) is 36.6 Å². The van der Waals surface area contributed by atoms with Crippen LogP contribution in [0.3, 0.4) is 0 Å². The van der Waals surface area contributed by atoms with Crippen molar-refractivity contribution in [2.75, 3.05) is 0 Å². The molecule has 1 atom stereocenters. The molecule has 0 saturated heterocycles. The van der Waals surface area contributed by atoms with E-state index in [2.05, 4.69) is 113 Å². The highest BCUT2D eigenvalue weighted by Crippen LogP contribution is 2.42. The van der Waals surface area contributed by atoms with Crippen LogP contribution in [-0.2, 0) is 6.61 Å². The van der Waals surface area contributed by atoms with Crippen molar-refractivity contribution in [2.24, 2.45) is 0 Å². The van der Waals surface area contributed by atoms with Crippen molar-refractivity contribution in [3.8, 4) is 5.75 Å². The molecule has 2 aromatic carbocycles. The Morgan fingerprint density at radius 1 is 0.900 bits per heavy atom. The lowest BCUT2D eigenvalue weighted by Gasteiger charge is -2.47. The lowest BCUT2D eigenvalue weighted by molar-refractivity contribution is 0.301. The molecule has 0 spiro atoms. The summed E-state index contributed by atoms with van der Waals surface area (Å²) in [5.41, 5.74) is 1.41. The van der Waals surface area contributed by atoms with Crippen molar-refractivity contribution >= 4 is 18.4 Å². The third kappa shape index (κ3) is 4.22. The van der Waals surface area contributed by atoms with Gasteiger partial charge in [0, 0.05) is 6.04 Å². The highest BCUT2D eigenvalue weighted by atomic mass is 28.3. The maximum Gasteiger partial charge on any atom is 0.134 e. The minimum atomic E-state index is -2.03. The molecule has 0 amide bonds. The fourth-order valence-corrected chi connectivity index (χ4v) is 11.4. The lowest BCUT2D eigenvalue weighted by Crippen LogP contribution is -2.66. The number of rotatable bonds is 7. The highest BCUT2D eigenvalue weighted by Gasteiger charge is 2.49. The van der Waals surface area contributed by atoms with Crippen molar-refractivity contribution in [2.45, 2.75) is 71.7 Å². The van der Waals surface area contributed by atoms with Crippen molar-refractivity contribution < 1.29 is 4.74 Å². The summed E-state index contributed by atoms with van der Waals surface area (Å²) in [4.78, 5) is 0. The molecule has 30 heavy (non-hydrogen) atoms. The molecule has 0 bridgehead atoms. The standard InChI is InChI=1S/C25H35N3OSi/c1-19(2)28-17-21(26-27-28)18-29-22-13-15-24(16-14-22)30(20(3)4,25(5,6)7)23-11-9-8-10-12-23/h8-17,19-20H,18H2,1-7H3. The second kappa shape index (κ2) is 8.76. The molecule has 0 fully saturated rings. The summed E-state index contributed by atoms with van der Waals surface area (Å²) in [6.07, 6.45) is 1.95. The topological polar surface area (TPSA) is 39.9 Å². The number of hydrogen-bond acceptors (Lipinski definition) is 3. The summed E-state index contributed by atoms with van der Waals surface area (Å²) in [5, 5.41) is 11.5. The lowest BCUT2D eigenvalue weighted by atomic mass is 10.2. The second-order valence-electron chi connectivity index (χ2n) is 9.68. The van der Waals surface area contributed by atoms with Crippen molar-refractivity contribution in [1.29, 1.82) is 0 Å². The summed E-state index contributed by atoms with van der Waals surface area (Å²) in [6.45, 7) is 16.6. The van der Waals surface area contributed by atoms with E-state index in [1.807, 2.05) is 10.9 Å². The Labute approximate surface area is 182 Å². The number of benzene rings is 2. The molecule has 0 radical (unpaired) electrons. The fraction of sp³-hybridized carbons (Fsp3) is 0.440. The molecule has 1 aromatic heterocycles. The zero-order valence-electron chi connectivity index (χ0n) is 19.4. The van der Waals surface area contributed by atoms with Gasteiger partial charge in [-0.2, -0.15) is 0 Å². The first-order valence-corrected chi connectivity index (χ1v) is 12.9. The van der Waals surface area contributed by atoms with E-state index in [0.717, 1.165) is 11.4 Å². The first kappa shape index (κ1) is 22.3. The maximum absolute atomic E-state index is 6.00. The van der Waals surface area contributed by atoms with E-state index in [4.69, 9.17) is 4.74 Å². The van der Waals surface area contributed by atoms with Crippen LogP contribution in [0, 0.1) is 0 Å². The number of aromatic nitrogens is 3. The molecule has 3 rings (SSSR count). The Bertz CT molecular complexity index is 943. The van der Waals surface area contributed by atoms with Gasteiger partial charge in [-0.3, -0.25) is 0 Å². The average molecular weight is 422 g/mol. The highest BCUT2D eigenvalue weighted by molar-refractivity contribution is 7.05. The van der Waals surface area contributed by atoms with Gasteiger partial charge < -0.3 is 4.74 Å². The minimum Gasteiger partial charge on any atom is -0.487 e. The monoisotopic (exact) mass is 421 g/mol. The normalized spacial score (nSPS) is 14.2. The van der Waals surface area contributed by atoms with Gasteiger partial charge >= 0.3 is 0 Å². The summed E-state index contributed by atoms with van der Waals surface area (Å²) < 4.78 is 7.86. The molecule has 0 aliphatic heterocycles. The summed E-state index contributed by atoms with van der Waals surface area (Å²) >= 11 is 0. The van der Waals surface area contributed by atoms with Crippen LogP contribution in [0.4, 0.5) is 0 Å². The van der Waals surface area contributed by atoms with Crippen LogP contribution in [0.25, 0.3) is 0 Å². The van der Waals surface area contributed by atoms with Crippen LogP contribution < -0.4 is 15.1 Å². The van der Waals surface area contributed by atoms with E-state index in [1.165, 1.54) is 10.4 Å². The molecule has 4 nitrogen and oxygen atoms in total. The van der Waals surface area contributed by atoms with Crippen LogP contribution >= 0.6 is 0 Å². The summed E-state index contributed by atoms with van der Waals surface area (Å²) in [6, 6.07) is 20.2. The molecular formula is C25H35N3OSi. The molecule has 3 aromatic rings. The van der Waals surface area contributed by atoms with E-state index in [9.17, 15) is 0 Å². The summed E-state index contributed by atoms with van der Waals surface area (Å²) in [5.74, 6) is 0.867. The van der Waals surface area contributed by atoms with Crippen LogP contribution in [0.1, 0.15) is 60.2 Å². The van der Waals surface area contributed by atoms with Crippen molar-refractivity contribution in [3.05, 3.63) is 66.5 Å². The van der Waals surface area contributed by atoms with Gasteiger partial charge in [-0.15, -0.1) is 5.10 Å². The molecule has 1 heterocycles. The molecular weight excluding hydrogens is 386 g/mol. The predicted molar refractivity (Wildman–Crippen MR) is 127 cm³/mol. The molecule has 0 aliphatic rings. The molecule has 160 valence electrons. The Morgan fingerprint density at radius 2 is 1.50 bits per heavy atom. The van der Waals surface area contributed by atoms with Gasteiger partial charge in [0.2, 0.25) is 0 Å². The zero-order valence-corrected chi connectivity index (χ0v) is 20.4. The first-order chi connectivity index (χ1) is 14.2. The Morgan fingerprint density at radius 3 is 2.00 bits per heavy atom. The van der Waals surface area contributed by atoms with Gasteiger partial charge in [-0.1, -0.05) is 92.7 Å². The van der Waals surface area contributed by atoms with Crippen molar-refractivity contribution in [1.82, 2.24) is 15.0 Å². The Balaban J connectivity index is 1.89. The van der Waals surface area contributed by atoms with Gasteiger partial charge in [0.1, 0.15) is 26.1 Å². The van der Waals surface area contributed by atoms with Crippen LogP contribution in [-0.4, -0.2) is 23.1 Å². The first-order valence-electron chi connectivity index (χ1n) is 10.9. The van der Waals surface area contributed by atoms with Gasteiger partial charge in [0.25, 0.3) is 0 Å². The van der Waals surface area contributed by atoms with E-state index in [-0.39, 0.29) is 5.04 Å². The zero-order chi connectivity index (χ0) is 21.9. The maximum atomic E-state index is 6.00. The summed E-state index contributed by atoms with van der Waals surface area (Å²) in [7, 11) is -2.03. The largest absolute Gasteiger partial charge is 0.487 e. The molecule has 0 N–H and O–H groups in total. The predicted octanol–water partition coefficient (Wildman–Crippen LogP) is 5.21. The molecule has 1 unspecified atom stereocenters. The van der Waals surface area contributed by atoms with Gasteiger partial charge in [-0.25, -0.2) is 4.68 Å². The van der Waals surface area contributed by atoms with E-state index < -0.39 is 8.07 Å². The van der Waals surface area contributed by atoms with Crippen molar-refractivity contribution in [3.63, 3.8) is 0 Å². The van der Waals surface area contributed by atoms with E-state index in [0.29, 0.717) is 18.2 Å². The fourth-order valence-electron chi connectivity index (χ4n) is 4.87. The third-order valence-corrected chi connectivity index (χ3v) is 12.6. The Kier molecular flexibility index (Phi) is 6.51. The minimum absolute atomic E-state index is 0.181. The van der Waals surface area contributed by atoms with Crippen LogP contribution in [0.2, 0.25) is 10.6 Å². The molecule has 0 saturated carbocycles. The van der Waals surface area contributed by atoms with Gasteiger partial charge in [0.05, 0.1) is 6.20 Å². The quantitative estimate of drug-likeness (QED) is 0.492. The molecule has 0 aliphatic carbocycles. The smallest absolute Gasteiger partial charge is 0.134 e. The second-order valence-corrected chi connectivity index (χ2v) is 15.1. The van der Waals surface area contributed by atoms with Crippen LogP contribution in [0.5, 0.6) is 5.75 Å². The Hall–Kier alpha value is -2.40. The van der Waals surface area contributed by atoms with E-state index in [1.54, 1.807) is 0 Å². The average Bonchev–Trinajstić information content (AvgIpc) is 3.17. The number of nitrogens with zero attached hydrogens (tertiary/aromatic N) is 3. The van der Waals surface area contributed by atoms with E-state index >= 15 is 0 Å². The SMILES string of the molecule is CC(C)n1cc(COc2ccc([Si](c3ccccc3)(C(C)C)C(C)(C)C)cc2)nn1. The number of ether oxygens (including phenoxy) is 1. The molecule has 5 heteroatoms. The van der Waals surface area contributed by atoms with Crippen LogP contribution in [0.15, 0.2) is 60.8 Å². The van der Waals surface area contributed by atoms with Gasteiger partial charge in [0.15, 0.2) is 0 Å². The number of hydrogen-bond donors (Lipinski definition) is 0. The third-order valence-electron chi connectivity index (χ3n) is 6.06.